The van der Waals surface area contributed by atoms with Crippen molar-refractivity contribution in [3.63, 3.8) is 0 Å². The van der Waals surface area contributed by atoms with Gasteiger partial charge in [0.2, 0.25) is 0 Å². The number of aliphatic hydroxyl groups is 1. The number of amides is 1. The van der Waals surface area contributed by atoms with Crippen molar-refractivity contribution >= 4 is 6.09 Å². The zero-order chi connectivity index (χ0) is 14.0. The molecule has 1 amide bonds. The molecule has 4 nitrogen and oxygen atoms in total. The van der Waals surface area contributed by atoms with Gasteiger partial charge in [0.15, 0.2) is 0 Å². The number of rotatable bonds is 3. The van der Waals surface area contributed by atoms with Gasteiger partial charge in [0.25, 0.3) is 0 Å². The molecule has 4 heteroatoms. The van der Waals surface area contributed by atoms with Crippen LogP contribution in [0.2, 0.25) is 0 Å². The Morgan fingerprint density at radius 1 is 1.50 bits per heavy atom. The number of carbonyl (C=O) groups is 1. The Bertz CT molecular complexity index is 332. The van der Waals surface area contributed by atoms with Crippen LogP contribution in [0.25, 0.3) is 0 Å². The predicted octanol–water partition coefficient (Wildman–Crippen LogP) is 3.49. The van der Waals surface area contributed by atoms with Crippen molar-refractivity contribution in [3.05, 3.63) is 12.3 Å². The second-order valence-electron chi connectivity index (χ2n) is 6.13. The molecule has 0 aromatic rings. The van der Waals surface area contributed by atoms with Crippen LogP contribution in [-0.4, -0.2) is 34.8 Å². The van der Waals surface area contributed by atoms with Gasteiger partial charge in [-0.15, -0.1) is 0 Å². The molecular weight excluding hydrogens is 230 g/mol. The molecule has 0 spiro atoms. The van der Waals surface area contributed by atoms with E-state index in [2.05, 4.69) is 13.5 Å². The summed E-state index contributed by atoms with van der Waals surface area (Å²) in [6, 6.07) is 0. The molecule has 104 valence electrons. The van der Waals surface area contributed by atoms with Crippen LogP contribution in [0, 0.1) is 5.41 Å². The zero-order valence-corrected chi connectivity index (χ0v) is 12.0. The molecule has 1 aliphatic heterocycles. The zero-order valence-electron chi connectivity index (χ0n) is 12.0. The Balaban J connectivity index is 2.69. The second-order valence-corrected chi connectivity index (χ2v) is 6.13. The monoisotopic (exact) mass is 255 g/mol. The SMILES string of the molecule is C=C(O)[C@@]1(CCC)CCN(C(=O)OC(C)(C)C)C1. The summed E-state index contributed by atoms with van der Waals surface area (Å²) in [6.45, 7) is 12.4. The van der Waals surface area contributed by atoms with Gasteiger partial charge in [-0.2, -0.15) is 0 Å². The lowest BCUT2D eigenvalue weighted by Gasteiger charge is -2.29. The first-order valence-corrected chi connectivity index (χ1v) is 6.56. The molecule has 1 fully saturated rings. The van der Waals surface area contributed by atoms with Crippen molar-refractivity contribution in [3.8, 4) is 0 Å². The number of aliphatic hydroxyl groups excluding tert-OH is 1. The predicted molar refractivity (Wildman–Crippen MR) is 71.5 cm³/mol. The van der Waals surface area contributed by atoms with E-state index in [0.717, 1.165) is 19.3 Å². The Hall–Kier alpha value is -1.19. The lowest BCUT2D eigenvalue weighted by atomic mass is 9.81. The fraction of sp³-hybridized carbons (Fsp3) is 0.786. The van der Waals surface area contributed by atoms with Gasteiger partial charge >= 0.3 is 6.09 Å². The fourth-order valence-corrected chi connectivity index (χ4v) is 2.42. The minimum Gasteiger partial charge on any atom is -0.512 e. The third-order valence-corrected chi connectivity index (χ3v) is 3.35. The third-order valence-electron chi connectivity index (χ3n) is 3.35. The van der Waals surface area contributed by atoms with E-state index in [4.69, 9.17) is 4.74 Å². The van der Waals surface area contributed by atoms with E-state index in [0.29, 0.717) is 13.1 Å². The maximum absolute atomic E-state index is 12.0. The van der Waals surface area contributed by atoms with Crippen molar-refractivity contribution in [2.75, 3.05) is 13.1 Å². The molecule has 1 heterocycles. The summed E-state index contributed by atoms with van der Waals surface area (Å²) in [4.78, 5) is 13.6. The van der Waals surface area contributed by atoms with Gasteiger partial charge < -0.3 is 14.7 Å². The number of hydrogen-bond acceptors (Lipinski definition) is 3. The first kappa shape index (κ1) is 14.9. The molecular formula is C14H25NO3. The highest BCUT2D eigenvalue weighted by molar-refractivity contribution is 5.68. The topological polar surface area (TPSA) is 49.8 Å². The van der Waals surface area contributed by atoms with Gasteiger partial charge in [0, 0.05) is 18.5 Å². The van der Waals surface area contributed by atoms with Crippen molar-refractivity contribution < 1.29 is 14.6 Å². The second kappa shape index (κ2) is 5.21. The molecule has 1 aliphatic rings. The van der Waals surface area contributed by atoms with E-state index in [-0.39, 0.29) is 17.3 Å². The minimum absolute atomic E-state index is 0.190. The maximum Gasteiger partial charge on any atom is 0.410 e. The Morgan fingerprint density at radius 2 is 2.11 bits per heavy atom. The maximum atomic E-state index is 12.0. The third kappa shape index (κ3) is 3.40. The van der Waals surface area contributed by atoms with Crippen LogP contribution in [0.3, 0.4) is 0 Å². The number of nitrogens with zero attached hydrogens (tertiary/aromatic N) is 1. The van der Waals surface area contributed by atoms with Gasteiger partial charge in [0.1, 0.15) is 5.60 Å². The molecule has 1 N–H and O–H groups in total. The van der Waals surface area contributed by atoms with Crippen LogP contribution in [-0.2, 0) is 4.74 Å². The first-order chi connectivity index (χ1) is 8.20. The minimum atomic E-state index is -0.483. The van der Waals surface area contributed by atoms with E-state index >= 15 is 0 Å². The van der Waals surface area contributed by atoms with Crippen molar-refractivity contribution in [2.24, 2.45) is 5.41 Å². The summed E-state index contributed by atoms with van der Waals surface area (Å²) >= 11 is 0. The number of ether oxygens (including phenoxy) is 1. The van der Waals surface area contributed by atoms with Crippen LogP contribution in [0.15, 0.2) is 12.3 Å². The van der Waals surface area contributed by atoms with E-state index < -0.39 is 5.60 Å². The highest BCUT2D eigenvalue weighted by atomic mass is 16.6. The lowest BCUT2D eigenvalue weighted by molar-refractivity contribution is 0.0270. The quantitative estimate of drug-likeness (QED) is 0.785. The van der Waals surface area contributed by atoms with Gasteiger partial charge in [-0.05, 0) is 33.6 Å². The highest BCUT2D eigenvalue weighted by Crippen LogP contribution is 2.40. The average molecular weight is 255 g/mol. The normalized spacial score (nSPS) is 24.1. The van der Waals surface area contributed by atoms with Crippen molar-refractivity contribution in [1.29, 1.82) is 0 Å². The molecule has 0 saturated carbocycles. The van der Waals surface area contributed by atoms with Crippen LogP contribution in [0.5, 0.6) is 0 Å². The number of hydrogen-bond donors (Lipinski definition) is 1. The summed E-state index contributed by atoms with van der Waals surface area (Å²) in [6.07, 6.45) is 2.26. The number of carbonyl (C=O) groups excluding carboxylic acids is 1. The van der Waals surface area contributed by atoms with Crippen LogP contribution in [0.1, 0.15) is 47.0 Å². The molecule has 18 heavy (non-hydrogen) atoms. The van der Waals surface area contributed by atoms with Crippen LogP contribution in [0.4, 0.5) is 4.79 Å². The largest absolute Gasteiger partial charge is 0.512 e. The molecule has 1 atom stereocenters. The van der Waals surface area contributed by atoms with Crippen LogP contribution >= 0.6 is 0 Å². The smallest absolute Gasteiger partial charge is 0.410 e. The molecule has 0 aliphatic carbocycles. The summed E-state index contributed by atoms with van der Waals surface area (Å²) in [5.41, 5.74) is -0.824. The van der Waals surface area contributed by atoms with Gasteiger partial charge in [-0.1, -0.05) is 19.9 Å². The molecule has 1 saturated heterocycles. The standard InChI is InChI=1S/C14H25NO3/c1-6-7-14(11(2)16)8-9-15(10-14)12(17)18-13(3,4)5/h16H,2,6-10H2,1,3-5H3/t14-/m0/s1. The van der Waals surface area contributed by atoms with Gasteiger partial charge in [0.05, 0.1) is 5.76 Å². The summed E-state index contributed by atoms with van der Waals surface area (Å²) < 4.78 is 5.35. The molecule has 0 unspecified atom stereocenters. The summed E-state index contributed by atoms with van der Waals surface area (Å²) in [5, 5.41) is 9.79. The first-order valence-electron chi connectivity index (χ1n) is 6.56. The highest BCUT2D eigenvalue weighted by Gasteiger charge is 2.42. The summed E-state index contributed by atoms with van der Waals surface area (Å²) in [7, 11) is 0. The van der Waals surface area contributed by atoms with E-state index in [9.17, 15) is 9.90 Å². The molecule has 0 radical (unpaired) electrons. The van der Waals surface area contributed by atoms with E-state index in [1.54, 1.807) is 4.90 Å². The average Bonchev–Trinajstić information content (AvgIpc) is 2.61. The summed E-state index contributed by atoms with van der Waals surface area (Å²) in [5.74, 6) is 0.190. The van der Waals surface area contributed by atoms with E-state index in [1.165, 1.54) is 0 Å². The number of likely N-dealkylation sites (tertiary alicyclic amines) is 1. The van der Waals surface area contributed by atoms with Gasteiger partial charge in [-0.3, -0.25) is 0 Å². The van der Waals surface area contributed by atoms with Crippen molar-refractivity contribution in [2.45, 2.75) is 52.6 Å². The Labute approximate surface area is 110 Å². The molecule has 0 bridgehead atoms. The molecule has 0 aromatic heterocycles. The Kier molecular flexibility index (Phi) is 4.30. The van der Waals surface area contributed by atoms with Crippen molar-refractivity contribution in [1.82, 2.24) is 4.90 Å². The lowest BCUT2D eigenvalue weighted by Crippen LogP contribution is -2.37. The van der Waals surface area contributed by atoms with E-state index in [1.807, 2.05) is 20.8 Å². The molecule has 1 rings (SSSR count). The Morgan fingerprint density at radius 3 is 2.56 bits per heavy atom. The molecule has 0 aromatic carbocycles. The fourth-order valence-electron chi connectivity index (χ4n) is 2.42. The van der Waals surface area contributed by atoms with Crippen LogP contribution < -0.4 is 0 Å². The van der Waals surface area contributed by atoms with Gasteiger partial charge in [-0.25, -0.2) is 4.79 Å².